The van der Waals surface area contributed by atoms with Crippen molar-refractivity contribution in [2.45, 2.75) is 25.3 Å². The molecule has 0 saturated carbocycles. The lowest BCUT2D eigenvalue weighted by molar-refractivity contribution is -0.384. The van der Waals surface area contributed by atoms with Gasteiger partial charge in [-0.15, -0.1) is 0 Å². The number of carbonyl (C=O) groups excluding carboxylic acids is 1. The number of aryl methyl sites for hydroxylation is 1. The number of carbonyl (C=O) groups is 1. The van der Waals surface area contributed by atoms with Crippen LogP contribution in [0.25, 0.3) is 5.69 Å². The van der Waals surface area contributed by atoms with Crippen molar-refractivity contribution < 1.29 is 9.72 Å². The highest BCUT2D eigenvalue weighted by Gasteiger charge is 2.23. The van der Waals surface area contributed by atoms with Gasteiger partial charge in [0.1, 0.15) is 0 Å². The molecule has 1 amide bonds. The van der Waals surface area contributed by atoms with Gasteiger partial charge in [-0.1, -0.05) is 30.3 Å². The van der Waals surface area contributed by atoms with E-state index in [2.05, 4.69) is 22.5 Å². The summed E-state index contributed by atoms with van der Waals surface area (Å²) in [6.07, 6.45) is 4.59. The zero-order valence-electron chi connectivity index (χ0n) is 14.5. The summed E-state index contributed by atoms with van der Waals surface area (Å²) in [5.41, 5.74) is 3.23. The molecule has 1 aliphatic carbocycles. The third-order valence-corrected chi connectivity index (χ3v) is 4.80. The fraction of sp³-hybridized carbons (Fsp3) is 0.200. The lowest BCUT2D eigenvalue weighted by Gasteiger charge is -2.26. The lowest BCUT2D eigenvalue weighted by Crippen LogP contribution is -2.31. The summed E-state index contributed by atoms with van der Waals surface area (Å²) in [6.45, 7) is 0. The number of non-ortho nitro benzene ring substituents is 1. The maximum absolute atomic E-state index is 12.6. The molecule has 0 fully saturated rings. The largest absolute Gasteiger partial charge is 0.344 e. The van der Waals surface area contributed by atoms with Gasteiger partial charge >= 0.3 is 0 Å². The summed E-state index contributed by atoms with van der Waals surface area (Å²) < 4.78 is 1.47. The first-order valence-corrected chi connectivity index (χ1v) is 8.81. The second-order valence-electron chi connectivity index (χ2n) is 6.54. The van der Waals surface area contributed by atoms with E-state index in [0.29, 0.717) is 5.69 Å². The minimum absolute atomic E-state index is 0.0205. The van der Waals surface area contributed by atoms with Gasteiger partial charge in [0.25, 0.3) is 11.6 Å². The van der Waals surface area contributed by atoms with E-state index in [1.165, 1.54) is 22.4 Å². The van der Waals surface area contributed by atoms with E-state index in [-0.39, 0.29) is 23.3 Å². The van der Waals surface area contributed by atoms with Crippen LogP contribution in [0.4, 0.5) is 5.69 Å². The Morgan fingerprint density at radius 1 is 1.19 bits per heavy atom. The molecule has 0 bridgehead atoms. The standard InChI is InChI=1S/C20H18N4O3/c25-20(21-18-10-3-6-14-5-1-2-9-17(14)18)19-11-12-23(22-19)15-7-4-8-16(13-15)24(26)27/h1-2,4-5,7-9,11-13,18H,3,6,10H2,(H,21,25). The summed E-state index contributed by atoms with van der Waals surface area (Å²) in [7, 11) is 0. The Morgan fingerprint density at radius 2 is 2.04 bits per heavy atom. The minimum Gasteiger partial charge on any atom is -0.344 e. The van der Waals surface area contributed by atoms with E-state index in [9.17, 15) is 14.9 Å². The second kappa shape index (κ2) is 7.03. The van der Waals surface area contributed by atoms with Gasteiger partial charge in [-0.05, 0) is 42.5 Å². The SMILES string of the molecule is O=C(NC1CCCc2ccccc21)c1ccn(-c2cccc([N+](=O)[O-])c2)n1. The molecule has 1 aliphatic rings. The average Bonchev–Trinajstić information content (AvgIpc) is 3.19. The van der Waals surface area contributed by atoms with E-state index < -0.39 is 4.92 Å². The summed E-state index contributed by atoms with van der Waals surface area (Å²) in [4.78, 5) is 23.1. The Hall–Kier alpha value is -3.48. The zero-order chi connectivity index (χ0) is 18.8. The predicted molar refractivity (Wildman–Crippen MR) is 99.8 cm³/mol. The molecule has 2 aromatic carbocycles. The molecule has 1 unspecified atom stereocenters. The Morgan fingerprint density at radius 3 is 2.89 bits per heavy atom. The van der Waals surface area contributed by atoms with Crippen LogP contribution in [0.3, 0.4) is 0 Å². The van der Waals surface area contributed by atoms with E-state index in [4.69, 9.17) is 0 Å². The van der Waals surface area contributed by atoms with Crippen molar-refractivity contribution in [2.75, 3.05) is 0 Å². The van der Waals surface area contributed by atoms with Gasteiger partial charge in [-0.3, -0.25) is 14.9 Å². The molecule has 0 radical (unpaired) electrons. The normalized spacial score (nSPS) is 15.8. The van der Waals surface area contributed by atoms with Gasteiger partial charge in [0.05, 0.1) is 16.7 Å². The van der Waals surface area contributed by atoms with Crippen LogP contribution >= 0.6 is 0 Å². The summed E-state index contributed by atoms with van der Waals surface area (Å²) in [5.74, 6) is -0.249. The monoisotopic (exact) mass is 362 g/mol. The van der Waals surface area contributed by atoms with Crippen molar-refractivity contribution in [3.8, 4) is 5.69 Å². The molecule has 0 aliphatic heterocycles. The van der Waals surface area contributed by atoms with E-state index in [1.807, 2.05) is 12.1 Å². The minimum atomic E-state index is -0.457. The summed E-state index contributed by atoms with van der Waals surface area (Å²) >= 11 is 0. The van der Waals surface area contributed by atoms with Crippen molar-refractivity contribution in [3.05, 3.63) is 87.7 Å². The van der Waals surface area contributed by atoms with E-state index in [1.54, 1.807) is 24.4 Å². The molecule has 7 heteroatoms. The van der Waals surface area contributed by atoms with Crippen molar-refractivity contribution in [1.29, 1.82) is 0 Å². The number of hydrogen-bond acceptors (Lipinski definition) is 4. The summed E-state index contributed by atoms with van der Waals surface area (Å²) in [6, 6.07) is 15.9. The van der Waals surface area contributed by atoms with Gasteiger partial charge in [0, 0.05) is 18.3 Å². The molecule has 1 aromatic heterocycles. The maximum Gasteiger partial charge on any atom is 0.272 e. The molecule has 3 aromatic rings. The number of fused-ring (bicyclic) bond motifs is 1. The Balaban J connectivity index is 1.53. The number of benzene rings is 2. The van der Waals surface area contributed by atoms with Crippen LogP contribution in [-0.2, 0) is 6.42 Å². The first-order chi connectivity index (χ1) is 13.1. The van der Waals surface area contributed by atoms with Gasteiger partial charge in [-0.2, -0.15) is 5.10 Å². The molecular formula is C20H18N4O3. The van der Waals surface area contributed by atoms with Crippen LogP contribution in [0.5, 0.6) is 0 Å². The Bertz CT molecular complexity index is 1010. The van der Waals surface area contributed by atoms with Crippen LogP contribution in [0, 0.1) is 10.1 Å². The molecular weight excluding hydrogens is 344 g/mol. The quantitative estimate of drug-likeness (QED) is 0.567. The second-order valence-corrected chi connectivity index (χ2v) is 6.54. The smallest absolute Gasteiger partial charge is 0.272 e. The van der Waals surface area contributed by atoms with Crippen LogP contribution < -0.4 is 5.32 Å². The predicted octanol–water partition coefficient (Wildman–Crippen LogP) is 3.59. The molecule has 0 spiro atoms. The number of nitrogens with one attached hydrogen (secondary N) is 1. The van der Waals surface area contributed by atoms with Crippen molar-refractivity contribution >= 4 is 11.6 Å². The van der Waals surface area contributed by atoms with Gasteiger partial charge in [-0.25, -0.2) is 4.68 Å². The lowest BCUT2D eigenvalue weighted by atomic mass is 9.88. The van der Waals surface area contributed by atoms with Gasteiger partial charge in [0.2, 0.25) is 0 Å². The first-order valence-electron chi connectivity index (χ1n) is 8.81. The van der Waals surface area contributed by atoms with E-state index in [0.717, 1.165) is 24.8 Å². The molecule has 1 N–H and O–H groups in total. The van der Waals surface area contributed by atoms with Crippen LogP contribution in [-0.4, -0.2) is 20.6 Å². The number of hydrogen-bond donors (Lipinski definition) is 1. The Labute approximate surface area is 155 Å². The highest BCUT2D eigenvalue weighted by molar-refractivity contribution is 5.92. The van der Waals surface area contributed by atoms with Crippen molar-refractivity contribution in [3.63, 3.8) is 0 Å². The molecule has 1 atom stereocenters. The number of nitrogens with zero attached hydrogens (tertiary/aromatic N) is 3. The molecule has 27 heavy (non-hydrogen) atoms. The zero-order valence-corrected chi connectivity index (χ0v) is 14.5. The van der Waals surface area contributed by atoms with Crippen LogP contribution in [0.1, 0.15) is 40.5 Å². The highest BCUT2D eigenvalue weighted by Crippen LogP contribution is 2.29. The maximum atomic E-state index is 12.6. The molecule has 1 heterocycles. The van der Waals surface area contributed by atoms with Gasteiger partial charge in [0.15, 0.2) is 5.69 Å². The molecule has 136 valence electrons. The first kappa shape index (κ1) is 17.0. The Kier molecular flexibility index (Phi) is 4.42. The summed E-state index contributed by atoms with van der Waals surface area (Å²) in [5, 5.41) is 18.3. The fourth-order valence-corrected chi connectivity index (χ4v) is 3.47. The molecule has 4 rings (SSSR count). The van der Waals surface area contributed by atoms with Crippen LogP contribution in [0.15, 0.2) is 60.8 Å². The number of nitro benzene ring substituents is 1. The topological polar surface area (TPSA) is 90.1 Å². The number of aromatic nitrogens is 2. The van der Waals surface area contributed by atoms with Gasteiger partial charge < -0.3 is 5.32 Å². The highest BCUT2D eigenvalue weighted by atomic mass is 16.6. The molecule has 0 saturated heterocycles. The third-order valence-electron chi connectivity index (χ3n) is 4.80. The molecule has 7 nitrogen and oxygen atoms in total. The number of amides is 1. The fourth-order valence-electron chi connectivity index (χ4n) is 3.47. The van der Waals surface area contributed by atoms with Crippen LogP contribution in [0.2, 0.25) is 0 Å². The third kappa shape index (κ3) is 3.44. The van der Waals surface area contributed by atoms with E-state index >= 15 is 0 Å². The number of nitro groups is 1. The van der Waals surface area contributed by atoms with Crippen molar-refractivity contribution in [1.82, 2.24) is 15.1 Å². The number of rotatable bonds is 4. The average molecular weight is 362 g/mol. The van der Waals surface area contributed by atoms with Crippen molar-refractivity contribution in [2.24, 2.45) is 0 Å².